The van der Waals surface area contributed by atoms with Crippen LogP contribution in [-0.4, -0.2) is 58.0 Å². The highest BCUT2D eigenvalue weighted by Crippen LogP contribution is 2.17. The second kappa shape index (κ2) is 8.63. The first kappa shape index (κ1) is 18.8. The van der Waals surface area contributed by atoms with E-state index in [0.717, 1.165) is 18.8 Å². The number of nitrogens with one attached hydrogen (secondary N) is 2. The van der Waals surface area contributed by atoms with Gasteiger partial charge in [0, 0.05) is 37.3 Å². The van der Waals surface area contributed by atoms with Crippen LogP contribution in [0.4, 0.5) is 11.5 Å². The molecule has 8 nitrogen and oxygen atoms in total. The van der Waals surface area contributed by atoms with Crippen LogP contribution in [0.25, 0.3) is 0 Å². The van der Waals surface area contributed by atoms with E-state index in [1.54, 1.807) is 18.3 Å². The molecule has 140 valence electrons. The average Bonchev–Trinajstić information content (AvgIpc) is 2.67. The van der Waals surface area contributed by atoms with E-state index in [0.29, 0.717) is 30.6 Å². The van der Waals surface area contributed by atoms with Gasteiger partial charge in [-0.05, 0) is 24.3 Å². The summed E-state index contributed by atoms with van der Waals surface area (Å²) in [5, 5.41) is 11.6. The van der Waals surface area contributed by atoms with Crippen LogP contribution in [0.1, 0.15) is 0 Å². The summed E-state index contributed by atoms with van der Waals surface area (Å²) in [5.74, 6) is 0.597. The Labute approximate surface area is 157 Å². The molecule has 0 atom stereocenters. The quantitative estimate of drug-likeness (QED) is 0.681. The molecular formula is C16H20ClN5O3S. The van der Waals surface area contributed by atoms with Crippen molar-refractivity contribution in [3.8, 4) is 0 Å². The maximum atomic E-state index is 12.2. The van der Waals surface area contributed by atoms with E-state index >= 15 is 0 Å². The molecule has 0 saturated carbocycles. The van der Waals surface area contributed by atoms with Crippen molar-refractivity contribution in [2.45, 2.75) is 4.90 Å². The van der Waals surface area contributed by atoms with E-state index < -0.39 is 10.0 Å². The molecule has 10 heteroatoms. The first-order chi connectivity index (χ1) is 12.5. The minimum absolute atomic E-state index is 0.177. The van der Waals surface area contributed by atoms with Crippen LogP contribution < -0.4 is 14.9 Å². The lowest BCUT2D eigenvalue weighted by Crippen LogP contribution is -2.36. The topological polar surface area (TPSA) is 96.5 Å². The maximum absolute atomic E-state index is 12.2. The summed E-state index contributed by atoms with van der Waals surface area (Å²) in [6, 6.07) is 7.92. The third kappa shape index (κ3) is 5.04. The number of halogens is 1. The van der Waals surface area contributed by atoms with E-state index in [4.69, 9.17) is 16.3 Å². The Bertz CT molecular complexity index is 826. The van der Waals surface area contributed by atoms with E-state index in [1.165, 1.54) is 12.1 Å². The van der Waals surface area contributed by atoms with Gasteiger partial charge in [0.25, 0.3) is 0 Å². The third-order valence-electron chi connectivity index (χ3n) is 3.86. The predicted octanol–water partition coefficient (Wildman–Crippen LogP) is 1.36. The number of benzene rings is 1. The molecule has 1 saturated heterocycles. The molecule has 1 aliphatic heterocycles. The normalized spacial score (nSPS) is 15.0. The maximum Gasteiger partial charge on any atom is 0.240 e. The van der Waals surface area contributed by atoms with Gasteiger partial charge in [0.05, 0.1) is 30.0 Å². The van der Waals surface area contributed by atoms with Gasteiger partial charge in [0.2, 0.25) is 10.0 Å². The molecule has 0 unspecified atom stereocenters. The van der Waals surface area contributed by atoms with Crippen molar-refractivity contribution in [3.63, 3.8) is 0 Å². The summed E-state index contributed by atoms with van der Waals surface area (Å²) in [6.07, 6.45) is 1.71. The second-order valence-electron chi connectivity index (χ2n) is 5.68. The minimum Gasteiger partial charge on any atom is -0.378 e. The van der Waals surface area contributed by atoms with Gasteiger partial charge < -0.3 is 15.0 Å². The smallest absolute Gasteiger partial charge is 0.240 e. The average molecular weight is 398 g/mol. The number of ether oxygens (including phenoxy) is 1. The lowest BCUT2D eigenvalue weighted by molar-refractivity contribution is 0.122. The minimum atomic E-state index is -3.56. The zero-order valence-corrected chi connectivity index (χ0v) is 15.6. The Kier molecular flexibility index (Phi) is 6.25. The molecular weight excluding hydrogens is 378 g/mol. The van der Waals surface area contributed by atoms with Gasteiger partial charge >= 0.3 is 0 Å². The van der Waals surface area contributed by atoms with Gasteiger partial charge in [-0.25, -0.2) is 13.1 Å². The molecule has 0 amide bonds. The third-order valence-corrected chi connectivity index (χ3v) is 5.59. The summed E-state index contributed by atoms with van der Waals surface area (Å²) in [7, 11) is -3.56. The highest BCUT2D eigenvalue weighted by atomic mass is 35.5. The number of hydrogen-bond acceptors (Lipinski definition) is 7. The Morgan fingerprint density at radius 1 is 1.15 bits per heavy atom. The van der Waals surface area contributed by atoms with Crippen LogP contribution in [0.5, 0.6) is 0 Å². The molecule has 0 radical (unpaired) electrons. The van der Waals surface area contributed by atoms with Crippen LogP contribution in [0.15, 0.2) is 41.4 Å². The molecule has 26 heavy (non-hydrogen) atoms. The molecule has 2 aromatic rings. The summed E-state index contributed by atoms with van der Waals surface area (Å²) in [6.45, 7) is 3.61. The van der Waals surface area contributed by atoms with Gasteiger partial charge in [0.1, 0.15) is 0 Å². The van der Waals surface area contributed by atoms with Gasteiger partial charge in [-0.15, -0.1) is 5.10 Å². The fraction of sp³-hybridized carbons (Fsp3) is 0.375. The van der Waals surface area contributed by atoms with Gasteiger partial charge in [-0.3, -0.25) is 0 Å². The van der Waals surface area contributed by atoms with Crippen molar-refractivity contribution in [1.82, 2.24) is 14.9 Å². The summed E-state index contributed by atoms with van der Waals surface area (Å²) >= 11 is 5.78. The largest absolute Gasteiger partial charge is 0.378 e. The molecule has 2 heterocycles. The molecule has 3 rings (SSSR count). The van der Waals surface area contributed by atoms with Gasteiger partial charge in [0.15, 0.2) is 5.82 Å². The highest BCUT2D eigenvalue weighted by Gasteiger charge is 2.14. The van der Waals surface area contributed by atoms with Crippen molar-refractivity contribution in [2.75, 3.05) is 49.6 Å². The summed E-state index contributed by atoms with van der Waals surface area (Å²) < 4.78 is 32.2. The van der Waals surface area contributed by atoms with Crippen molar-refractivity contribution < 1.29 is 13.2 Å². The number of rotatable bonds is 7. The molecule has 0 aliphatic carbocycles. The molecule has 0 spiro atoms. The molecule has 1 fully saturated rings. The Morgan fingerprint density at radius 2 is 1.88 bits per heavy atom. The standard InChI is InChI=1S/C16H20ClN5O3S/c17-13-1-3-15(4-2-13)26(23,24)20-6-5-18-16-11-14(12-19-21-16)22-7-9-25-10-8-22/h1-4,11-12,20H,5-10H2,(H,18,21). The van der Waals surface area contributed by atoms with Crippen LogP contribution in [-0.2, 0) is 14.8 Å². The molecule has 1 aromatic heterocycles. The molecule has 1 aliphatic rings. The van der Waals surface area contributed by atoms with E-state index in [1.807, 2.05) is 6.07 Å². The van der Waals surface area contributed by atoms with Crippen molar-refractivity contribution in [3.05, 3.63) is 41.6 Å². The molecule has 0 bridgehead atoms. The van der Waals surface area contributed by atoms with Crippen LogP contribution in [0.3, 0.4) is 0 Å². The van der Waals surface area contributed by atoms with Crippen LogP contribution in [0, 0.1) is 0 Å². The fourth-order valence-corrected chi connectivity index (χ4v) is 3.67. The molecule has 2 N–H and O–H groups in total. The van der Waals surface area contributed by atoms with Crippen LogP contribution in [0.2, 0.25) is 5.02 Å². The van der Waals surface area contributed by atoms with Crippen LogP contribution >= 0.6 is 11.6 Å². The van der Waals surface area contributed by atoms with E-state index in [2.05, 4.69) is 25.1 Å². The number of nitrogens with zero attached hydrogens (tertiary/aromatic N) is 3. The summed E-state index contributed by atoms with van der Waals surface area (Å²) in [5.41, 5.74) is 0.965. The van der Waals surface area contributed by atoms with E-state index in [-0.39, 0.29) is 11.4 Å². The first-order valence-corrected chi connectivity index (χ1v) is 10.1. The Balaban J connectivity index is 1.51. The number of anilines is 2. The zero-order valence-electron chi connectivity index (χ0n) is 14.1. The lowest BCUT2D eigenvalue weighted by Gasteiger charge is -2.28. The van der Waals surface area contributed by atoms with Crippen molar-refractivity contribution >= 4 is 33.1 Å². The fourth-order valence-electron chi connectivity index (χ4n) is 2.51. The van der Waals surface area contributed by atoms with Crippen molar-refractivity contribution in [1.29, 1.82) is 0 Å². The Morgan fingerprint density at radius 3 is 2.62 bits per heavy atom. The second-order valence-corrected chi connectivity index (χ2v) is 7.88. The number of sulfonamides is 1. The van der Waals surface area contributed by atoms with Crippen molar-refractivity contribution in [2.24, 2.45) is 0 Å². The summed E-state index contributed by atoms with van der Waals surface area (Å²) in [4.78, 5) is 2.35. The number of hydrogen-bond donors (Lipinski definition) is 2. The lowest BCUT2D eigenvalue weighted by atomic mass is 10.3. The number of aromatic nitrogens is 2. The van der Waals surface area contributed by atoms with E-state index in [9.17, 15) is 8.42 Å². The zero-order chi connectivity index (χ0) is 18.4. The van der Waals surface area contributed by atoms with Gasteiger partial charge in [-0.2, -0.15) is 5.10 Å². The van der Waals surface area contributed by atoms with Gasteiger partial charge in [-0.1, -0.05) is 11.6 Å². The monoisotopic (exact) mass is 397 g/mol. The SMILES string of the molecule is O=S(=O)(NCCNc1cc(N2CCOCC2)cnn1)c1ccc(Cl)cc1. The highest BCUT2D eigenvalue weighted by molar-refractivity contribution is 7.89. The molecule has 1 aromatic carbocycles. The predicted molar refractivity (Wildman–Crippen MR) is 100 cm³/mol. The number of morpholine rings is 1. The Hall–Kier alpha value is -1.94. The first-order valence-electron chi connectivity index (χ1n) is 8.19.